The highest BCUT2D eigenvalue weighted by Gasteiger charge is 1.57. The van der Waals surface area contributed by atoms with Crippen LogP contribution in [0.2, 0.25) is 0 Å². The summed E-state index contributed by atoms with van der Waals surface area (Å²) in [6.45, 7) is 9.39. The van der Waals surface area contributed by atoms with E-state index in [4.69, 9.17) is 0 Å². The van der Waals surface area contributed by atoms with E-state index < -0.39 is 0 Å². The first-order valence-corrected chi connectivity index (χ1v) is 3.68. The summed E-state index contributed by atoms with van der Waals surface area (Å²) in [4.78, 5) is 0. The van der Waals surface area contributed by atoms with Crippen molar-refractivity contribution < 1.29 is 0 Å². The van der Waals surface area contributed by atoms with Crippen LogP contribution in [0.25, 0.3) is 0 Å². The molecule has 0 rings (SSSR count). The second-order valence-corrected chi connectivity index (χ2v) is 1.77. The van der Waals surface area contributed by atoms with Crippen molar-refractivity contribution in [1.29, 1.82) is 0 Å². The Hall–Kier alpha value is -0.780. The highest BCUT2D eigenvalue weighted by atomic mass is 13.6. The van der Waals surface area contributed by atoms with Gasteiger partial charge in [0.05, 0.1) is 0 Å². The predicted molar refractivity (Wildman–Crippen MR) is 50.1 cm³/mol. The summed E-state index contributed by atoms with van der Waals surface area (Å²) in [5.74, 6) is 0. The van der Waals surface area contributed by atoms with Crippen LogP contribution in [0.4, 0.5) is 0 Å². The lowest BCUT2D eigenvalue weighted by molar-refractivity contribution is 1.22. The molecule has 0 aromatic rings. The van der Waals surface area contributed by atoms with Crippen LogP contribution in [0.1, 0.15) is 27.2 Å². The van der Waals surface area contributed by atoms with Gasteiger partial charge in [0.25, 0.3) is 0 Å². The minimum atomic E-state index is 1.13. The van der Waals surface area contributed by atoms with Gasteiger partial charge in [0.2, 0.25) is 0 Å². The topological polar surface area (TPSA) is 0 Å². The van der Waals surface area contributed by atoms with E-state index in [-0.39, 0.29) is 0 Å². The molecule has 0 aromatic carbocycles. The normalized spacial score (nSPS) is 9.50. The molecule has 0 atom stereocenters. The molecule has 0 N–H and O–H groups in total. The zero-order chi connectivity index (χ0) is 8.24. The van der Waals surface area contributed by atoms with Crippen molar-refractivity contribution in [2.24, 2.45) is 0 Å². The van der Waals surface area contributed by atoms with Gasteiger partial charge in [-0.05, 0) is 20.3 Å². The Morgan fingerprint density at radius 3 is 2.00 bits per heavy atom. The van der Waals surface area contributed by atoms with E-state index in [1.807, 2.05) is 26.0 Å². The van der Waals surface area contributed by atoms with Crippen molar-refractivity contribution in [3.05, 3.63) is 37.0 Å². The van der Waals surface area contributed by atoms with Gasteiger partial charge in [-0.15, -0.1) is 6.58 Å². The Balaban J connectivity index is 0. The standard InChI is InChI=1S/C7H12.C3H6/c1-3-5-7-6-4-2;1-3-2/h3,5-7H,4H2,1-2H3;3H,1H2,2H3/b5-3+,7-6+;. The molecule has 0 heterocycles. The molecule has 0 nitrogen and oxygen atoms in total. The minimum absolute atomic E-state index is 1.13. The fraction of sp³-hybridized carbons (Fsp3) is 0.400. The molecular weight excluding hydrogens is 120 g/mol. The number of hydrogen-bond donors (Lipinski definition) is 0. The zero-order valence-corrected chi connectivity index (χ0v) is 7.30. The predicted octanol–water partition coefficient (Wildman–Crippen LogP) is 3.72. The van der Waals surface area contributed by atoms with E-state index in [0.717, 1.165) is 6.42 Å². The van der Waals surface area contributed by atoms with Crippen LogP contribution < -0.4 is 0 Å². The van der Waals surface area contributed by atoms with Crippen molar-refractivity contribution in [2.45, 2.75) is 27.2 Å². The van der Waals surface area contributed by atoms with Gasteiger partial charge in [0.15, 0.2) is 0 Å². The smallest absolute Gasteiger partial charge is 0.0376 e. The molecule has 0 saturated heterocycles. The van der Waals surface area contributed by atoms with E-state index >= 15 is 0 Å². The summed E-state index contributed by atoms with van der Waals surface area (Å²) < 4.78 is 0. The molecule has 0 radical (unpaired) electrons. The molecule has 0 aromatic heterocycles. The lowest BCUT2D eigenvalue weighted by Crippen LogP contribution is -1.48. The Morgan fingerprint density at radius 2 is 1.70 bits per heavy atom. The molecule has 0 unspecified atom stereocenters. The largest absolute Gasteiger partial charge is 0.103 e. The Kier molecular flexibility index (Phi) is 18.8. The van der Waals surface area contributed by atoms with Gasteiger partial charge >= 0.3 is 0 Å². The second-order valence-electron chi connectivity index (χ2n) is 1.77. The maximum Gasteiger partial charge on any atom is -0.0376 e. The van der Waals surface area contributed by atoms with Crippen molar-refractivity contribution >= 4 is 0 Å². The molecule has 58 valence electrons. The fourth-order valence-corrected chi connectivity index (χ4v) is 0.326. The third-order valence-electron chi connectivity index (χ3n) is 0.675. The average molecular weight is 138 g/mol. The van der Waals surface area contributed by atoms with E-state index in [0.29, 0.717) is 0 Å². The molecule has 10 heavy (non-hydrogen) atoms. The van der Waals surface area contributed by atoms with Crippen LogP contribution in [0.3, 0.4) is 0 Å². The summed E-state index contributed by atoms with van der Waals surface area (Å²) in [5.41, 5.74) is 0. The van der Waals surface area contributed by atoms with Crippen molar-refractivity contribution in [2.75, 3.05) is 0 Å². The molecule has 0 saturated carbocycles. The maximum atomic E-state index is 3.36. The molecule has 0 heteroatoms. The van der Waals surface area contributed by atoms with Crippen LogP contribution in [0.5, 0.6) is 0 Å². The van der Waals surface area contributed by atoms with Gasteiger partial charge in [-0.3, -0.25) is 0 Å². The van der Waals surface area contributed by atoms with E-state index in [2.05, 4.69) is 25.7 Å². The molecule has 0 aliphatic rings. The quantitative estimate of drug-likeness (QED) is 0.403. The van der Waals surface area contributed by atoms with Crippen molar-refractivity contribution in [3.63, 3.8) is 0 Å². The third-order valence-corrected chi connectivity index (χ3v) is 0.675. The monoisotopic (exact) mass is 138 g/mol. The van der Waals surface area contributed by atoms with Crippen LogP contribution in [-0.4, -0.2) is 0 Å². The zero-order valence-electron chi connectivity index (χ0n) is 7.30. The Labute approximate surface area is 65.0 Å². The summed E-state index contributed by atoms with van der Waals surface area (Å²) in [6.07, 6.45) is 11.1. The van der Waals surface area contributed by atoms with Crippen LogP contribution in [0.15, 0.2) is 37.0 Å². The first-order valence-electron chi connectivity index (χ1n) is 3.68. The van der Waals surface area contributed by atoms with Gasteiger partial charge in [0.1, 0.15) is 0 Å². The maximum absolute atomic E-state index is 3.36. The minimum Gasteiger partial charge on any atom is -0.103 e. The number of rotatable bonds is 2. The van der Waals surface area contributed by atoms with Crippen LogP contribution in [0, 0.1) is 0 Å². The van der Waals surface area contributed by atoms with Crippen molar-refractivity contribution in [3.8, 4) is 0 Å². The SMILES string of the molecule is C/C=C/C=C/CC.C=CC. The highest BCUT2D eigenvalue weighted by Crippen LogP contribution is 1.79. The van der Waals surface area contributed by atoms with Gasteiger partial charge < -0.3 is 0 Å². The lowest BCUT2D eigenvalue weighted by atomic mass is 10.4. The van der Waals surface area contributed by atoms with E-state index in [9.17, 15) is 0 Å². The fourth-order valence-electron chi connectivity index (χ4n) is 0.326. The molecule has 0 bridgehead atoms. The molecule has 0 fully saturated rings. The molecule has 0 aliphatic heterocycles. The summed E-state index contributed by atoms with van der Waals surface area (Å²) in [5, 5.41) is 0. The molecular formula is C10H18. The van der Waals surface area contributed by atoms with Gasteiger partial charge in [-0.1, -0.05) is 37.3 Å². The summed E-state index contributed by atoms with van der Waals surface area (Å²) >= 11 is 0. The van der Waals surface area contributed by atoms with Gasteiger partial charge in [-0.2, -0.15) is 0 Å². The van der Waals surface area contributed by atoms with Gasteiger partial charge in [0, 0.05) is 0 Å². The first kappa shape index (κ1) is 12.0. The highest BCUT2D eigenvalue weighted by molar-refractivity contribution is 5.00. The Morgan fingerprint density at radius 1 is 1.20 bits per heavy atom. The number of hydrogen-bond acceptors (Lipinski definition) is 0. The van der Waals surface area contributed by atoms with E-state index in [1.54, 1.807) is 6.08 Å². The van der Waals surface area contributed by atoms with Crippen LogP contribution >= 0.6 is 0 Å². The summed E-state index contributed by atoms with van der Waals surface area (Å²) in [7, 11) is 0. The first-order chi connectivity index (χ1) is 4.83. The molecule has 0 spiro atoms. The number of allylic oxidation sites excluding steroid dienone is 5. The lowest BCUT2D eigenvalue weighted by Gasteiger charge is -1.70. The second kappa shape index (κ2) is 15.7. The average Bonchev–Trinajstić information content (AvgIpc) is 1.91. The van der Waals surface area contributed by atoms with Gasteiger partial charge in [-0.25, -0.2) is 0 Å². The Bertz CT molecular complexity index is 96.6. The molecule has 0 aliphatic carbocycles. The summed E-state index contributed by atoms with van der Waals surface area (Å²) in [6, 6.07) is 0. The van der Waals surface area contributed by atoms with Crippen LogP contribution in [-0.2, 0) is 0 Å². The van der Waals surface area contributed by atoms with E-state index in [1.165, 1.54) is 0 Å². The third kappa shape index (κ3) is 26.9. The molecule has 0 amide bonds. The van der Waals surface area contributed by atoms with Crippen molar-refractivity contribution in [1.82, 2.24) is 0 Å².